The average molecular weight is 233 g/mol. The highest BCUT2D eigenvalue weighted by atomic mass is 35.5. The van der Waals surface area contributed by atoms with Crippen LogP contribution in [0, 0.1) is 0 Å². The molecule has 2 heterocycles. The van der Waals surface area contributed by atoms with Crippen molar-refractivity contribution in [1.29, 1.82) is 0 Å². The summed E-state index contributed by atoms with van der Waals surface area (Å²) in [6, 6.07) is 0. The smallest absolute Gasteiger partial charge is 0.255 e. The summed E-state index contributed by atoms with van der Waals surface area (Å²) in [5.41, 5.74) is 5.96. The highest BCUT2D eigenvalue weighted by Crippen LogP contribution is 2.36. The van der Waals surface area contributed by atoms with Gasteiger partial charge in [0.1, 0.15) is 21.6 Å². The van der Waals surface area contributed by atoms with Crippen LogP contribution in [0.25, 0.3) is 0 Å². The van der Waals surface area contributed by atoms with Crippen LogP contribution in [0.5, 0.6) is 5.75 Å². The molecule has 0 aromatic carbocycles. The molecule has 0 saturated carbocycles. The van der Waals surface area contributed by atoms with Crippen molar-refractivity contribution in [2.45, 2.75) is 6.42 Å². The molecule has 6 heteroatoms. The number of carbonyl (C=O) groups excluding carboxylic acids is 1. The third-order valence-corrected chi connectivity index (χ3v) is 2.58. The number of carbonyl (C=O) groups is 1. The number of aromatic nitrogens is 1. The number of ether oxygens (including phenoxy) is 1. The molecule has 0 aliphatic carbocycles. The van der Waals surface area contributed by atoms with Crippen LogP contribution in [0.4, 0.5) is 0 Å². The van der Waals surface area contributed by atoms with Crippen LogP contribution >= 0.6 is 23.2 Å². The number of fused-ring (bicyclic) bond motifs is 1. The predicted octanol–water partition coefficient (Wildman–Crippen LogP) is 1.42. The second kappa shape index (κ2) is 3.29. The molecular weight excluding hydrogens is 227 g/mol. The Morgan fingerprint density at radius 3 is 2.79 bits per heavy atom. The van der Waals surface area contributed by atoms with E-state index in [4.69, 9.17) is 33.7 Å². The van der Waals surface area contributed by atoms with Gasteiger partial charge in [0.05, 0.1) is 6.61 Å². The molecule has 1 aliphatic heterocycles. The van der Waals surface area contributed by atoms with Gasteiger partial charge in [0.2, 0.25) is 0 Å². The molecular formula is C8H6Cl2N2O2. The van der Waals surface area contributed by atoms with Crippen LogP contribution in [0.3, 0.4) is 0 Å². The number of amides is 1. The van der Waals surface area contributed by atoms with Gasteiger partial charge < -0.3 is 10.5 Å². The zero-order valence-electron chi connectivity index (χ0n) is 7.01. The van der Waals surface area contributed by atoms with Crippen LogP contribution in [-0.2, 0) is 6.42 Å². The quantitative estimate of drug-likeness (QED) is 0.746. The Hall–Kier alpha value is -1.00. The number of hydrogen-bond acceptors (Lipinski definition) is 3. The largest absolute Gasteiger partial charge is 0.492 e. The van der Waals surface area contributed by atoms with Crippen molar-refractivity contribution in [2.24, 2.45) is 5.73 Å². The summed E-state index contributed by atoms with van der Waals surface area (Å²) in [7, 11) is 0. The van der Waals surface area contributed by atoms with Gasteiger partial charge in [0, 0.05) is 12.0 Å². The average Bonchev–Trinajstić information content (AvgIpc) is 2.51. The van der Waals surface area contributed by atoms with Gasteiger partial charge in [0.25, 0.3) is 5.91 Å². The summed E-state index contributed by atoms with van der Waals surface area (Å²) in [5.74, 6) is -0.278. The van der Waals surface area contributed by atoms with Crippen molar-refractivity contribution in [3.8, 4) is 5.75 Å². The molecule has 2 N–H and O–H groups in total. The summed E-state index contributed by atoms with van der Waals surface area (Å²) in [5, 5.41) is 0.260. The first-order valence-electron chi connectivity index (χ1n) is 3.91. The number of hydrogen-bond donors (Lipinski definition) is 1. The van der Waals surface area contributed by atoms with Gasteiger partial charge in [-0.25, -0.2) is 4.98 Å². The van der Waals surface area contributed by atoms with Crippen LogP contribution in [0.2, 0.25) is 10.3 Å². The van der Waals surface area contributed by atoms with Crippen LogP contribution in [0.15, 0.2) is 0 Å². The molecule has 14 heavy (non-hydrogen) atoms. The fraction of sp³-hybridized carbons (Fsp3) is 0.250. The van der Waals surface area contributed by atoms with Crippen molar-refractivity contribution in [3.05, 3.63) is 21.4 Å². The Kier molecular flexibility index (Phi) is 2.25. The molecule has 1 amide bonds. The van der Waals surface area contributed by atoms with Gasteiger partial charge >= 0.3 is 0 Å². The maximum atomic E-state index is 11.1. The molecule has 0 unspecified atom stereocenters. The lowest BCUT2D eigenvalue weighted by Crippen LogP contribution is -2.14. The molecule has 0 radical (unpaired) electrons. The maximum Gasteiger partial charge on any atom is 0.255 e. The van der Waals surface area contributed by atoms with Gasteiger partial charge in [-0.2, -0.15) is 0 Å². The van der Waals surface area contributed by atoms with Gasteiger partial charge in [-0.15, -0.1) is 0 Å². The second-order valence-electron chi connectivity index (χ2n) is 2.84. The first-order chi connectivity index (χ1) is 6.61. The fourth-order valence-electron chi connectivity index (χ4n) is 1.39. The highest BCUT2D eigenvalue weighted by Gasteiger charge is 2.26. The Bertz CT molecular complexity index is 420. The van der Waals surface area contributed by atoms with Gasteiger partial charge in [-0.3, -0.25) is 4.79 Å². The third kappa shape index (κ3) is 1.31. The van der Waals surface area contributed by atoms with E-state index in [1.807, 2.05) is 0 Å². The van der Waals surface area contributed by atoms with E-state index in [0.29, 0.717) is 24.3 Å². The number of nitrogens with two attached hydrogens (primary N) is 1. The normalized spacial score (nSPS) is 13.6. The Morgan fingerprint density at radius 1 is 1.43 bits per heavy atom. The van der Waals surface area contributed by atoms with Crippen LogP contribution in [0.1, 0.15) is 15.9 Å². The van der Waals surface area contributed by atoms with Crippen molar-refractivity contribution < 1.29 is 9.53 Å². The Labute approximate surface area is 90.0 Å². The monoisotopic (exact) mass is 232 g/mol. The third-order valence-electron chi connectivity index (χ3n) is 2.00. The van der Waals surface area contributed by atoms with Crippen molar-refractivity contribution in [1.82, 2.24) is 4.98 Å². The number of pyridine rings is 1. The van der Waals surface area contributed by atoms with Gasteiger partial charge in [-0.05, 0) is 0 Å². The van der Waals surface area contributed by atoms with E-state index in [1.165, 1.54) is 0 Å². The minimum atomic E-state index is -0.655. The van der Waals surface area contributed by atoms with E-state index in [-0.39, 0.29) is 15.9 Å². The number of primary amides is 1. The molecule has 0 spiro atoms. The van der Waals surface area contributed by atoms with Crippen molar-refractivity contribution in [2.75, 3.05) is 6.61 Å². The summed E-state index contributed by atoms with van der Waals surface area (Å²) in [4.78, 5) is 14.9. The van der Waals surface area contributed by atoms with E-state index in [0.717, 1.165) is 0 Å². The molecule has 2 rings (SSSR count). The topological polar surface area (TPSA) is 65.2 Å². The fourth-order valence-corrected chi connectivity index (χ4v) is 1.96. The summed E-state index contributed by atoms with van der Waals surface area (Å²) in [6.45, 7) is 0.470. The molecule has 74 valence electrons. The minimum absolute atomic E-state index is 0.0110. The number of nitrogens with zero attached hydrogens (tertiary/aromatic N) is 1. The first-order valence-corrected chi connectivity index (χ1v) is 4.67. The van der Waals surface area contributed by atoms with E-state index >= 15 is 0 Å². The summed E-state index contributed by atoms with van der Waals surface area (Å²) >= 11 is 11.6. The molecule has 0 atom stereocenters. The maximum absolute atomic E-state index is 11.1. The molecule has 1 aromatic heterocycles. The standard InChI is InChI=1S/C8H6Cl2N2O2/c9-6-3-1-2-14-5(3)4(8(11)13)7(10)12-6/h1-2H2,(H2,11,13). The lowest BCUT2D eigenvalue weighted by molar-refractivity contribution is 0.0997. The summed E-state index contributed by atoms with van der Waals surface area (Å²) in [6.07, 6.45) is 0.624. The predicted molar refractivity (Wildman–Crippen MR) is 52.0 cm³/mol. The SMILES string of the molecule is NC(=O)c1c(Cl)nc(Cl)c2c1OCC2. The molecule has 1 aliphatic rings. The van der Waals surface area contributed by atoms with E-state index in [2.05, 4.69) is 4.98 Å². The second-order valence-corrected chi connectivity index (χ2v) is 3.55. The lowest BCUT2D eigenvalue weighted by atomic mass is 10.1. The van der Waals surface area contributed by atoms with E-state index < -0.39 is 5.91 Å². The zero-order valence-corrected chi connectivity index (χ0v) is 8.52. The Morgan fingerprint density at radius 2 is 2.14 bits per heavy atom. The molecule has 1 aromatic rings. The molecule has 0 fully saturated rings. The van der Waals surface area contributed by atoms with Crippen molar-refractivity contribution >= 4 is 29.1 Å². The Balaban J connectivity index is 2.72. The molecule has 4 nitrogen and oxygen atoms in total. The van der Waals surface area contributed by atoms with Crippen molar-refractivity contribution in [3.63, 3.8) is 0 Å². The minimum Gasteiger partial charge on any atom is -0.492 e. The molecule has 0 bridgehead atoms. The van der Waals surface area contributed by atoms with Crippen LogP contribution in [-0.4, -0.2) is 17.5 Å². The van der Waals surface area contributed by atoms with E-state index in [9.17, 15) is 4.79 Å². The molecule has 0 saturated heterocycles. The summed E-state index contributed by atoms with van der Waals surface area (Å²) < 4.78 is 5.24. The van der Waals surface area contributed by atoms with Gasteiger partial charge in [-0.1, -0.05) is 23.2 Å². The highest BCUT2D eigenvalue weighted by molar-refractivity contribution is 6.35. The lowest BCUT2D eigenvalue weighted by Gasteiger charge is -2.06. The zero-order chi connectivity index (χ0) is 10.3. The van der Waals surface area contributed by atoms with E-state index in [1.54, 1.807) is 0 Å². The van der Waals surface area contributed by atoms with Crippen LogP contribution < -0.4 is 10.5 Å². The first kappa shape index (κ1) is 9.55. The number of halogens is 2. The van der Waals surface area contributed by atoms with Gasteiger partial charge in [0.15, 0.2) is 0 Å². The number of rotatable bonds is 1.